The van der Waals surface area contributed by atoms with Crippen molar-refractivity contribution >= 4 is 33.0 Å². The minimum atomic E-state index is -3.38. The van der Waals surface area contributed by atoms with E-state index in [-0.39, 0.29) is 0 Å². The Morgan fingerprint density at radius 3 is 2.68 bits per heavy atom. The summed E-state index contributed by atoms with van der Waals surface area (Å²) in [6, 6.07) is 10.8. The summed E-state index contributed by atoms with van der Waals surface area (Å²) in [4.78, 5) is 0.982. The standard InChI is InChI=1S/C13H14ClNO2S2/c1-10-5-6-13(18-10)19(16,17)15-8-7-11-3-2-4-12(14)9-11/h2-6,9,15H,7-8H2,1H3. The predicted molar refractivity (Wildman–Crippen MR) is 79.4 cm³/mol. The molecule has 0 atom stereocenters. The second kappa shape index (κ2) is 6.05. The molecule has 0 bridgehead atoms. The first-order chi connectivity index (χ1) is 8.97. The Morgan fingerprint density at radius 1 is 1.26 bits per heavy atom. The van der Waals surface area contributed by atoms with Crippen molar-refractivity contribution in [3.8, 4) is 0 Å². The molecule has 3 nitrogen and oxygen atoms in total. The fraction of sp³-hybridized carbons (Fsp3) is 0.231. The zero-order valence-electron chi connectivity index (χ0n) is 10.4. The van der Waals surface area contributed by atoms with Crippen LogP contribution in [0, 0.1) is 6.92 Å². The minimum Gasteiger partial charge on any atom is -0.210 e. The Morgan fingerprint density at radius 2 is 2.05 bits per heavy atom. The molecule has 1 aromatic heterocycles. The van der Waals surface area contributed by atoms with Crippen molar-refractivity contribution < 1.29 is 8.42 Å². The molecule has 0 fully saturated rings. The summed E-state index contributed by atoms with van der Waals surface area (Å²) in [5.74, 6) is 0. The molecule has 2 aromatic rings. The molecule has 0 aliphatic carbocycles. The quantitative estimate of drug-likeness (QED) is 0.920. The monoisotopic (exact) mass is 315 g/mol. The molecule has 2 rings (SSSR count). The van der Waals surface area contributed by atoms with E-state index in [0.29, 0.717) is 22.2 Å². The van der Waals surface area contributed by atoms with Crippen LogP contribution in [0.1, 0.15) is 10.4 Å². The maximum atomic E-state index is 12.0. The Kier molecular flexibility index (Phi) is 4.62. The van der Waals surface area contributed by atoms with Crippen molar-refractivity contribution in [2.45, 2.75) is 17.6 Å². The Bertz CT molecular complexity index is 665. The van der Waals surface area contributed by atoms with E-state index < -0.39 is 10.0 Å². The van der Waals surface area contributed by atoms with Gasteiger partial charge in [0.15, 0.2) is 0 Å². The van der Waals surface area contributed by atoms with Gasteiger partial charge in [-0.3, -0.25) is 0 Å². The van der Waals surface area contributed by atoms with Crippen LogP contribution in [-0.4, -0.2) is 15.0 Å². The first-order valence-corrected chi connectivity index (χ1v) is 8.46. The molecule has 0 unspecified atom stereocenters. The van der Waals surface area contributed by atoms with Gasteiger partial charge in [-0.1, -0.05) is 23.7 Å². The van der Waals surface area contributed by atoms with E-state index in [1.165, 1.54) is 11.3 Å². The van der Waals surface area contributed by atoms with Gasteiger partial charge < -0.3 is 0 Å². The van der Waals surface area contributed by atoms with Gasteiger partial charge in [-0.25, -0.2) is 13.1 Å². The normalized spacial score (nSPS) is 11.7. The second-order valence-electron chi connectivity index (χ2n) is 4.14. The molecule has 0 aliphatic heterocycles. The third-order valence-corrected chi connectivity index (χ3v) is 5.76. The molecular weight excluding hydrogens is 302 g/mol. The lowest BCUT2D eigenvalue weighted by Gasteiger charge is -2.05. The van der Waals surface area contributed by atoms with Gasteiger partial charge in [-0.15, -0.1) is 11.3 Å². The zero-order chi connectivity index (χ0) is 13.9. The first-order valence-electron chi connectivity index (χ1n) is 5.78. The summed E-state index contributed by atoms with van der Waals surface area (Å²) < 4.78 is 26.9. The van der Waals surface area contributed by atoms with Gasteiger partial charge >= 0.3 is 0 Å². The highest BCUT2D eigenvalue weighted by Gasteiger charge is 2.15. The summed E-state index contributed by atoms with van der Waals surface area (Å²) in [5.41, 5.74) is 1.01. The third-order valence-electron chi connectivity index (χ3n) is 2.58. The number of hydrogen-bond donors (Lipinski definition) is 1. The molecule has 0 saturated heterocycles. The van der Waals surface area contributed by atoms with E-state index in [1.807, 2.05) is 25.1 Å². The van der Waals surface area contributed by atoms with E-state index >= 15 is 0 Å². The summed E-state index contributed by atoms with van der Waals surface area (Å²) >= 11 is 7.15. The van der Waals surface area contributed by atoms with Gasteiger partial charge in [-0.2, -0.15) is 0 Å². The van der Waals surface area contributed by atoms with Crippen molar-refractivity contribution in [3.63, 3.8) is 0 Å². The lowest BCUT2D eigenvalue weighted by atomic mass is 10.2. The molecule has 1 heterocycles. The molecule has 0 radical (unpaired) electrons. The van der Waals surface area contributed by atoms with E-state index in [9.17, 15) is 8.42 Å². The van der Waals surface area contributed by atoms with Crippen LogP contribution in [-0.2, 0) is 16.4 Å². The Balaban J connectivity index is 1.96. The van der Waals surface area contributed by atoms with Crippen molar-refractivity contribution in [2.24, 2.45) is 0 Å². The fourth-order valence-electron chi connectivity index (χ4n) is 1.65. The largest absolute Gasteiger partial charge is 0.250 e. The summed E-state index contributed by atoms with van der Waals surface area (Å²) in [7, 11) is -3.38. The van der Waals surface area contributed by atoms with Gasteiger partial charge in [0.05, 0.1) is 0 Å². The van der Waals surface area contributed by atoms with Crippen molar-refractivity contribution in [2.75, 3.05) is 6.54 Å². The molecule has 1 aromatic carbocycles. The van der Waals surface area contributed by atoms with Gasteiger partial charge in [0.2, 0.25) is 10.0 Å². The molecule has 6 heteroatoms. The van der Waals surface area contributed by atoms with E-state index in [0.717, 1.165) is 10.4 Å². The predicted octanol–water partition coefficient (Wildman–Crippen LogP) is 3.23. The Labute approximate surface area is 122 Å². The lowest BCUT2D eigenvalue weighted by Crippen LogP contribution is -2.25. The number of hydrogen-bond acceptors (Lipinski definition) is 3. The maximum Gasteiger partial charge on any atom is 0.250 e. The van der Waals surface area contributed by atoms with Gasteiger partial charge in [0.25, 0.3) is 0 Å². The van der Waals surface area contributed by atoms with Crippen molar-refractivity contribution in [1.82, 2.24) is 4.72 Å². The van der Waals surface area contributed by atoms with Crippen LogP contribution in [0.3, 0.4) is 0 Å². The van der Waals surface area contributed by atoms with Crippen LogP contribution in [0.2, 0.25) is 5.02 Å². The van der Waals surface area contributed by atoms with Gasteiger partial charge in [0, 0.05) is 16.4 Å². The van der Waals surface area contributed by atoms with Gasteiger partial charge in [-0.05, 0) is 43.2 Å². The van der Waals surface area contributed by atoms with E-state index in [4.69, 9.17) is 11.6 Å². The van der Waals surface area contributed by atoms with Gasteiger partial charge in [0.1, 0.15) is 4.21 Å². The zero-order valence-corrected chi connectivity index (χ0v) is 12.8. The number of thiophene rings is 1. The number of rotatable bonds is 5. The molecule has 0 aliphatic rings. The first kappa shape index (κ1) is 14.5. The number of nitrogens with one attached hydrogen (secondary N) is 1. The molecule has 19 heavy (non-hydrogen) atoms. The fourth-order valence-corrected chi connectivity index (χ4v) is 4.22. The number of aryl methyl sites for hydroxylation is 1. The second-order valence-corrected chi connectivity index (χ2v) is 7.86. The lowest BCUT2D eigenvalue weighted by molar-refractivity contribution is 0.584. The number of sulfonamides is 1. The van der Waals surface area contributed by atoms with E-state index in [1.54, 1.807) is 18.2 Å². The van der Waals surface area contributed by atoms with Crippen LogP contribution in [0.25, 0.3) is 0 Å². The molecule has 102 valence electrons. The summed E-state index contributed by atoms with van der Waals surface area (Å²) in [6.45, 7) is 2.25. The Hall–Kier alpha value is -0.880. The van der Waals surface area contributed by atoms with Crippen LogP contribution in [0.4, 0.5) is 0 Å². The smallest absolute Gasteiger partial charge is 0.210 e. The SMILES string of the molecule is Cc1ccc(S(=O)(=O)NCCc2cccc(Cl)c2)s1. The number of halogens is 1. The molecule has 0 saturated carbocycles. The molecular formula is C13H14ClNO2S2. The molecule has 1 N–H and O–H groups in total. The molecule has 0 spiro atoms. The van der Waals surface area contributed by atoms with Crippen LogP contribution in [0.5, 0.6) is 0 Å². The van der Waals surface area contributed by atoms with Crippen LogP contribution in [0.15, 0.2) is 40.6 Å². The van der Waals surface area contributed by atoms with Crippen molar-refractivity contribution in [1.29, 1.82) is 0 Å². The number of benzene rings is 1. The third kappa shape index (κ3) is 4.04. The van der Waals surface area contributed by atoms with Crippen LogP contribution >= 0.6 is 22.9 Å². The van der Waals surface area contributed by atoms with E-state index in [2.05, 4.69) is 4.72 Å². The van der Waals surface area contributed by atoms with Crippen LogP contribution < -0.4 is 4.72 Å². The average molecular weight is 316 g/mol. The summed E-state index contributed by atoms with van der Waals surface area (Å²) in [6.07, 6.45) is 0.615. The topological polar surface area (TPSA) is 46.2 Å². The minimum absolute atomic E-state index is 0.357. The van der Waals surface area contributed by atoms with Crippen molar-refractivity contribution in [3.05, 3.63) is 51.9 Å². The highest BCUT2D eigenvalue weighted by atomic mass is 35.5. The highest BCUT2D eigenvalue weighted by molar-refractivity contribution is 7.91. The molecule has 0 amide bonds. The maximum absolute atomic E-state index is 12.0. The summed E-state index contributed by atoms with van der Waals surface area (Å²) in [5, 5.41) is 0.661. The highest BCUT2D eigenvalue weighted by Crippen LogP contribution is 2.20. The average Bonchev–Trinajstić information content (AvgIpc) is 2.76.